The molecule has 3 rings (SSSR count). The van der Waals surface area contributed by atoms with Crippen molar-refractivity contribution >= 4 is 39.1 Å². The second kappa shape index (κ2) is 5.50. The molecular weight excluding hydrogens is 308 g/mol. The van der Waals surface area contributed by atoms with Crippen LogP contribution in [0.4, 0.5) is 0 Å². The minimum Gasteiger partial charge on any atom is -0.459 e. The first-order valence-corrected chi connectivity index (χ1v) is 7.71. The molecule has 4 nitrogen and oxygen atoms in total. The van der Waals surface area contributed by atoms with Crippen molar-refractivity contribution in [1.29, 1.82) is 0 Å². The predicted molar refractivity (Wildman–Crippen MR) is 83.8 cm³/mol. The van der Waals surface area contributed by atoms with Crippen molar-refractivity contribution in [1.82, 2.24) is 4.57 Å². The van der Waals surface area contributed by atoms with Crippen molar-refractivity contribution in [3.8, 4) is 0 Å². The molecule has 0 bridgehead atoms. The maximum absolute atomic E-state index is 12.1. The van der Waals surface area contributed by atoms with Crippen LogP contribution in [0, 0.1) is 6.92 Å². The van der Waals surface area contributed by atoms with Gasteiger partial charge in [0.2, 0.25) is 0 Å². The highest BCUT2D eigenvalue weighted by molar-refractivity contribution is 7.16. The van der Waals surface area contributed by atoms with Crippen LogP contribution in [0.15, 0.2) is 39.9 Å². The second-order valence-corrected chi connectivity index (χ2v) is 6.04. The lowest BCUT2D eigenvalue weighted by Crippen LogP contribution is -2.16. The Hall–Kier alpha value is -1.85. The van der Waals surface area contributed by atoms with Crippen LogP contribution in [0.1, 0.15) is 23.0 Å². The number of furan rings is 1. The van der Waals surface area contributed by atoms with Gasteiger partial charge in [-0.1, -0.05) is 22.9 Å². The number of hydrogen-bond acceptors (Lipinski definition) is 3. The summed E-state index contributed by atoms with van der Waals surface area (Å²) in [6.07, 6.45) is 1.46. The maximum Gasteiger partial charge on any atom is 0.315 e. The van der Waals surface area contributed by atoms with Gasteiger partial charge in [-0.25, -0.2) is 0 Å². The number of amides is 1. The largest absolute Gasteiger partial charge is 0.459 e. The molecule has 6 heteroatoms. The van der Waals surface area contributed by atoms with E-state index in [9.17, 15) is 4.79 Å². The first-order chi connectivity index (χ1) is 10.1. The number of rotatable bonds is 2. The number of nitrogens with zero attached hydrogens (tertiary/aromatic N) is 2. The lowest BCUT2D eigenvalue weighted by molar-refractivity contribution is 0.0971. The molecule has 1 aromatic carbocycles. The van der Waals surface area contributed by atoms with Crippen LogP contribution in [0.25, 0.3) is 10.2 Å². The zero-order chi connectivity index (χ0) is 15.0. The average Bonchev–Trinajstić information content (AvgIpc) is 3.05. The van der Waals surface area contributed by atoms with Gasteiger partial charge in [0.25, 0.3) is 0 Å². The summed E-state index contributed by atoms with van der Waals surface area (Å²) in [5.74, 6) is -0.137. The zero-order valence-corrected chi connectivity index (χ0v) is 13.2. The Morgan fingerprint density at radius 2 is 2.29 bits per heavy atom. The third-order valence-electron chi connectivity index (χ3n) is 3.18. The van der Waals surface area contributed by atoms with E-state index < -0.39 is 0 Å². The van der Waals surface area contributed by atoms with E-state index in [4.69, 9.17) is 16.0 Å². The van der Waals surface area contributed by atoms with Crippen LogP contribution in [0.2, 0.25) is 5.02 Å². The molecule has 2 aromatic heterocycles. The first kappa shape index (κ1) is 14.1. The molecule has 3 aromatic rings. The molecule has 1 amide bonds. The van der Waals surface area contributed by atoms with E-state index >= 15 is 0 Å². The van der Waals surface area contributed by atoms with Crippen molar-refractivity contribution in [3.63, 3.8) is 0 Å². The van der Waals surface area contributed by atoms with E-state index in [1.165, 1.54) is 17.6 Å². The highest BCUT2D eigenvalue weighted by Crippen LogP contribution is 2.25. The van der Waals surface area contributed by atoms with E-state index in [1.807, 2.05) is 30.5 Å². The van der Waals surface area contributed by atoms with Crippen molar-refractivity contribution < 1.29 is 9.21 Å². The van der Waals surface area contributed by atoms with Gasteiger partial charge in [0.15, 0.2) is 10.6 Å². The summed E-state index contributed by atoms with van der Waals surface area (Å²) in [4.78, 5) is 16.9. The highest BCUT2D eigenvalue weighted by Gasteiger charge is 2.12. The predicted octanol–water partition coefficient (Wildman–Crippen LogP) is 4.02. The average molecular weight is 321 g/mol. The third-order valence-corrected chi connectivity index (χ3v) is 4.42. The van der Waals surface area contributed by atoms with Crippen molar-refractivity contribution in [2.45, 2.75) is 20.4 Å². The lowest BCUT2D eigenvalue weighted by atomic mass is 10.2. The van der Waals surface area contributed by atoms with E-state index in [-0.39, 0.29) is 11.7 Å². The van der Waals surface area contributed by atoms with E-state index in [0.29, 0.717) is 9.82 Å². The fourth-order valence-electron chi connectivity index (χ4n) is 2.30. The molecule has 108 valence electrons. The Morgan fingerprint density at radius 3 is 2.95 bits per heavy atom. The summed E-state index contributed by atoms with van der Waals surface area (Å²) in [6, 6.07) is 7.10. The number of benzene rings is 1. The van der Waals surface area contributed by atoms with Gasteiger partial charge in [-0.05, 0) is 43.7 Å². The summed E-state index contributed by atoms with van der Waals surface area (Å²) in [5.41, 5.74) is 2.14. The molecular formula is C15H13ClN2O2S. The topological polar surface area (TPSA) is 47.5 Å². The number of fused-ring (bicyclic) bond motifs is 1. The van der Waals surface area contributed by atoms with Crippen LogP contribution in [0.5, 0.6) is 0 Å². The van der Waals surface area contributed by atoms with E-state index in [0.717, 1.165) is 22.3 Å². The molecule has 0 aliphatic carbocycles. The van der Waals surface area contributed by atoms with E-state index in [1.54, 1.807) is 12.1 Å². The second-order valence-electron chi connectivity index (χ2n) is 4.59. The Balaban J connectivity index is 2.23. The summed E-state index contributed by atoms with van der Waals surface area (Å²) in [7, 11) is 0. The maximum atomic E-state index is 12.1. The summed E-state index contributed by atoms with van der Waals surface area (Å²) >= 11 is 7.55. The summed E-state index contributed by atoms with van der Waals surface area (Å²) < 4.78 is 8.13. The fourth-order valence-corrected chi connectivity index (χ4v) is 3.84. The van der Waals surface area contributed by atoms with Crippen LogP contribution in [0.3, 0.4) is 0 Å². The molecule has 0 aliphatic rings. The molecule has 0 unspecified atom stereocenters. The smallest absolute Gasteiger partial charge is 0.315 e. The molecule has 0 atom stereocenters. The Morgan fingerprint density at radius 1 is 1.48 bits per heavy atom. The summed E-state index contributed by atoms with van der Waals surface area (Å²) in [6.45, 7) is 4.76. The van der Waals surface area contributed by atoms with Gasteiger partial charge in [0, 0.05) is 11.6 Å². The normalized spacial score (nSPS) is 12.2. The SMILES string of the molecule is CCn1c(=NC(=O)c2ccco2)sc2cc(Cl)cc(C)c21. The molecule has 0 saturated carbocycles. The number of carbonyl (C=O) groups excluding carboxylic acids is 1. The quantitative estimate of drug-likeness (QED) is 0.716. The van der Waals surface area contributed by atoms with Crippen LogP contribution >= 0.6 is 22.9 Å². The van der Waals surface area contributed by atoms with Crippen LogP contribution in [-0.2, 0) is 6.54 Å². The Bertz CT molecular complexity index is 875. The van der Waals surface area contributed by atoms with Gasteiger partial charge >= 0.3 is 5.91 Å². The van der Waals surface area contributed by atoms with Gasteiger partial charge in [0.05, 0.1) is 16.5 Å². The number of carbonyl (C=O) groups is 1. The minimum atomic E-state index is -0.377. The Labute approximate surface area is 130 Å². The number of aryl methyl sites for hydroxylation is 2. The molecule has 0 saturated heterocycles. The number of aromatic nitrogens is 1. The summed E-state index contributed by atoms with van der Waals surface area (Å²) in [5, 5.41) is 0.688. The van der Waals surface area contributed by atoms with Crippen molar-refractivity contribution in [2.75, 3.05) is 0 Å². The molecule has 21 heavy (non-hydrogen) atoms. The van der Waals surface area contributed by atoms with Gasteiger partial charge in [-0.3, -0.25) is 4.79 Å². The van der Waals surface area contributed by atoms with Crippen LogP contribution < -0.4 is 4.80 Å². The first-order valence-electron chi connectivity index (χ1n) is 6.52. The molecule has 0 N–H and O–H groups in total. The minimum absolute atomic E-state index is 0.241. The zero-order valence-electron chi connectivity index (χ0n) is 11.6. The van der Waals surface area contributed by atoms with Gasteiger partial charge in [-0.15, -0.1) is 0 Å². The van der Waals surface area contributed by atoms with Gasteiger partial charge < -0.3 is 8.98 Å². The number of thiazole rings is 1. The fraction of sp³-hybridized carbons (Fsp3) is 0.200. The van der Waals surface area contributed by atoms with Crippen molar-refractivity contribution in [3.05, 3.63) is 51.7 Å². The highest BCUT2D eigenvalue weighted by atomic mass is 35.5. The monoisotopic (exact) mass is 320 g/mol. The number of hydrogen-bond donors (Lipinski definition) is 0. The van der Waals surface area contributed by atoms with Crippen LogP contribution in [-0.4, -0.2) is 10.5 Å². The van der Waals surface area contributed by atoms with Gasteiger partial charge in [0.1, 0.15) is 0 Å². The molecule has 0 radical (unpaired) electrons. The Kier molecular flexibility index (Phi) is 3.69. The van der Waals surface area contributed by atoms with E-state index in [2.05, 4.69) is 4.99 Å². The number of halogens is 1. The lowest BCUT2D eigenvalue weighted by Gasteiger charge is -2.03. The molecule has 0 fully saturated rings. The molecule has 2 heterocycles. The molecule has 0 spiro atoms. The van der Waals surface area contributed by atoms with Gasteiger partial charge in [-0.2, -0.15) is 4.99 Å². The molecule has 0 aliphatic heterocycles. The van der Waals surface area contributed by atoms with Crippen molar-refractivity contribution in [2.24, 2.45) is 4.99 Å². The standard InChI is InChI=1S/C15H13ClN2O2S/c1-3-18-13-9(2)7-10(16)8-12(13)21-15(18)17-14(19)11-5-4-6-20-11/h4-8H,3H2,1-2H3. The third kappa shape index (κ3) is 2.54.